The SMILES string of the molecule is CN1CCC2C(=CC(O)=C(O)[C@H]2Cl)C1=O. The van der Waals surface area contributed by atoms with Crippen LogP contribution in [0, 0.1) is 5.92 Å². The Morgan fingerprint density at radius 3 is 2.87 bits per heavy atom. The summed E-state index contributed by atoms with van der Waals surface area (Å²) >= 11 is 5.97. The highest BCUT2D eigenvalue weighted by Gasteiger charge is 2.39. The Morgan fingerprint density at radius 2 is 2.20 bits per heavy atom. The molecule has 0 aromatic carbocycles. The first kappa shape index (κ1) is 10.4. The third kappa shape index (κ3) is 1.49. The van der Waals surface area contributed by atoms with Crippen LogP contribution in [0.3, 0.4) is 0 Å². The minimum absolute atomic E-state index is 0.129. The van der Waals surface area contributed by atoms with Gasteiger partial charge in [0.1, 0.15) is 5.38 Å². The van der Waals surface area contributed by atoms with E-state index in [2.05, 4.69) is 0 Å². The van der Waals surface area contributed by atoms with E-state index in [1.165, 1.54) is 6.08 Å². The lowest BCUT2D eigenvalue weighted by molar-refractivity contribution is -0.128. The molecule has 4 nitrogen and oxygen atoms in total. The molecule has 1 amide bonds. The Labute approximate surface area is 92.4 Å². The van der Waals surface area contributed by atoms with Crippen LogP contribution in [0.25, 0.3) is 0 Å². The number of likely N-dealkylation sites (N-methyl/N-ethyl adjacent to an activating group) is 1. The van der Waals surface area contributed by atoms with E-state index in [1.807, 2.05) is 0 Å². The average molecular weight is 230 g/mol. The minimum Gasteiger partial charge on any atom is -0.507 e. The summed E-state index contributed by atoms with van der Waals surface area (Å²) in [6, 6.07) is 0. The molecule has 0 aromatic rings. The number of rotatable bonds is 0. The molecule has 0 bridgehead atoms. The number of carbonyl (C=O) groups excluding carboxylic acids is 1. The highest BCUT2D eigenvalue weighted by molar-refractivity contribution is 6.23. The number of alkyl halides is 1. The molecule has 1 fully saturated rings. The standard InChI is InChI=1S/C10H12ClNO3/c1-12-3-2-5-6(10(12)15)4-7(13)9(14)8(5)11/h4-5,8,13-14H,2-3H2,1H3/t5?,8-/m0/s1. The van der Waals surface area contributed by atoms with Crippen LogP contribution in [0.15, 0.2) is 23.2 Å². The summed E-state index contributed by atoms with van der Waals surface area (Å²) in [4.78, 5) is 13.3. The Hall–Kier alpha value is -1.16. The van der Waals surface area contributed by atoms with Crippen LogP contribution in [0.4, 0.5) is 0 Å². The predicted octanol–water partition coefficient (Wildman–Crippen LogP) is 1.34. The van der Waals surface area contributed by atoms with Gasteiger partial charge in [-0.3, -0.25) is 4.79 Å². The smallest absolute Gasteiger partial charge is 0.250 e. The first-order valence-electron chi connectivity index (χ1n) is 4.75. The second-order valence-electron chi connectivity index (χ2n) is 3.89. The maximum atomic E-state index is 11.7. The number of piperidine rings is 1. The first-order chi connectivity index (χ1) is 7.02. The van der Waals surface area contributed by atoms with Gasteiger partial charge in [0.2, 0.25) is 5.91 Å². The van der Waals surface area contributed by atoms with Gasteiger partial charge in [0.25, 0.3) is 0 Å². The zero-order chi connectivity index (χ0) is 11.2. The molecular formula is C10H12ClNO3. The van der Waals surface area contributed by atoms with Crippen LogP contribution in [0.1, 0.15) is 6.42 Å². The van der Waals surface area contributed by atoms with Crippen molar-refractivity contribution < 1.29 is 15.0 Å². The van der Waals surface area contributed by atoms with E-state index in [1.54, 1.807) is 11.9 Å². The van der Waals surface area contributed by atoms with Crippen LogP contribution >= 0.6 is 11.6 Å². The average Bonchev–Trinajstić information content (AvgIpc) is 2.21. The molecule has 1 heterocycles. The van der Waals surface area contributed by atoms with Gasteiger partial charge >= 0.3 is 0 Å². The summed E-state index contributed by atoms with van der Waals surface area (Å²) in [5.41, 5.74) is 0.485. The molecule has 2 N–H and O–H groups in total. The Kier molecular flexibility index (Phi) is 2.38. The van der Waals surface area contributed by atoms with Gasteiger partial charge in [0, 0.05) is 25.1 Å². The fourth-order valence-electron chi connectivity index (χ4n) is 1.99. The molecule has 1 unspecified atom stereocenters. The second kappa shape index (κ2) is 3.45. The summed E-state index contributed by atoms with van der Waals surface area (Å²) < 4.78 is 0. The van der Waals surface area contributed by atoms with Crippen LogP contribution in [0.2, 0.25) is 0 Å². The van der Waals surface area contributed by atoms with Gasteiger partial charge in [-0.25, -0.2) is 0 Å². The van der Waals surface area contributed by atoms with Crippen molar-refractivity contribution in [2.75, 3.05) is 13.6 Å². The number of likely N-dealkylation sites (tertiary alicyclic amines) is 1. The van der Waals surface area contributed by atoms with Gasteiger partial charge in [0.05, 0.1) is 0 Å². The molecular weight excluding hydrogens is 218 g/mol. The quantitative estimate of drug-likeness (QED) is 0.617. The lowest BCUT2D eigenvalue weighted by Crippen LogP contribution is -2.42. The molecule has 0 aromatic heterocycles. The van der Waals surface area contributed by atoms with Gasteiger partial charge in [-0.15, -0.1) is 11.6 Å². The normalized spacial score (nSPS) is 31.5. The van der Waals surface area contributed by atoms with Crippen molar-refractivity contribution in [3.05, 3.63) is 23.2 Å². The van der Waals surface area contributed by atoms with E-state index in [0.29, 0.717) is 18.5 Å². The Balaban J connectivity index is 2.41. The number of nitrogens with zero attached hydrogens (tertiary/aromatic N) is 1. The molecule has 0 saturated carbocycles. The number of aliphatic hydroxyl groups excluding tert-OH is 2. The van der Waals surface area contributed by atoms with E-state index in [-0.39, 0.29) is 23.3 Å². The number of aliphatic hydroxyl groups is 2. The highest BCUT2D eigenvalue weighted by Crippen LogP contribution is 2.37. The number of amides is 1. The third-order valence-electron chi connectivity index (χ3n) is 2.94. The maximum absolute atomic E-state index is 11.7. The van der Waals surface area contributed by atoms with Crippen molar-refractivity contribution in [2.45, 2.75) is 11.8 Å². The van der Waals surface area contributed by atoms with Crippen molar-refractivity contribution >= 4 is 17.5 Å². The summed E-state index contributed by atoms with van der Waals surface area (Å²) in [5, 5.41) is 18.2. The zero-order valence-corrected chi connectivity index (χ0v) is 9.03. The van der Waals surface area contributed by atoms with Crippen molar-refractivity contribution in [1.29, 1.82) is 0 Å². The van der Waals surface area contributed by atoms with Gasteiger partial charge in [0.15, 0.2) is 11.5 Å². The number of hydrogen-bond donors (Lipinski definition) is 2. The van der Waals surface area contributed by atoms with Crippen LogP contribution in [0.5, 0.6) is 0 Å². The summed E-state index contributed by atoms with van der Waals surface area (Å²) in [5.74, 6) is -0.852. The van der Waals surface area contributed by atoms with Gasteiger partial charge in [-0.05, 0) is 12.5 Å². The first-order valence-corrected chi connectivity index (χ1v) is 5.19. The number of halogens is 1. The Morgan fingerprint density at radius 1 is 1.53 bits per heavy atom. The molecule has 2 aliphatic rings. The number of hydrogen-bond acceptors (Lipinski definition) is 3. The fraction of sp³-hybridized carbons (Fsp3) is 0.500. The monoisotopic (exact) mass is 229 g/mol. The molecule has 15 heavy (non-hydrogen) atoms. The molecule has 5 heteroatoms. The largest absolute Gasteiger partial charge is 0.507 e. The molecule has 2 rings (SSSR count). The van der Waals surface area contributed by atoms with E-state index in [4.69, 9.17) is 11.6 Å². The van der Waals surface area contributed by atoms with E-state index in [0.717, 1.165) is 0 Å². The van der Waals surface area contributed by atoms with Crippen molar-refractivity contribution in [2.24, 2.45) is 5.92 Å². The summed E-state index contributed by atoms with van der Waals surface area (Å²) in [6.45, 7) is 0.623. The lowest BCUT2D eigenvalue weighted by atomic mass is 9.83. The Bertz CT molecular complexity index is 375. The zero-order valence-electron chi connectivity index (χ0n) is 8.27. The maximum Gasteiger partial charge on any atom is 0.250 e. The summed E-state index contributed by atoms with van der Waals surface area (Å²) in [6.07, 6.45) is 2.02. The lowest BCUT2D eigenvalue weighted by Gasteiger charge is -2.35. The van der Waals surface area contributed by atoms with Crippen molar-refractivity contribution in [1.82, 2.24) is 4.90 Å². The van der Waals surface area contributed by atoms with Gasteiger partial charge in [-0.2, -0.15) is 0 Å². The van der Waals surface area contributed by atoms with Gasteiger partial charge < -0.3 is 15.1 Å². The minimum atomic E-state index is -0.692. The third-order valence-corrected chi connectivity index (χ3v) is 3.45. The summed E-state index contributed by atoms with van der Waals surface area (Å²) in [7, 11) is 1.71. The van der Waals surface area contributed by atoms with Crippen LogP contribution < -0.4 is 0 Å². The van der Waals surface area contributed by atoms with E-state index < -0.39 is 5.38 Å². The van der Waals surface area contributed by atoms with E-state index in [9.17, 15) is 15.0 Å². The highest BCUT2D eigenvalue weighted by atomic mass is 35.5. The van der Waals surface area contributed by atoms with Crippen LogP contribution in [-0.4, -0.2) is 40.0 Å². The van der Waals surface area contributed by atoms with E-state index >= 15 is 0 Å². The number of allylic oxidation sites excluding steroid dienone is 2. The predicted molar refractivity (Wildman–Crippen MR) is 55.8 cm³/mol. The van der Waals surface area contributed by atoms with Crippen LogP contribution in [-0.2, 0) is 4.79 Å². The van der Waals surface area contributed by atoms with Gasteiger partial charge in [-0.1, -0.05) is 0 Å². The number of carbonyl (C=O) groups is 1. The molecule has 82 valence electrons. The van der Waals surface area contributed by atoms with Crippen molar-refractivity contribution in [3.8, 4) is 0 Å². The molecule has 2 atom stereocenters. The second-order valence-corrected chi connectivity index (χ2v) is 4.36. The molecule has 1 aliphatic carbocycles. The molecule has 0 spiro atoms. The molecule has 1 saturated heterocycles. The topological polar surface area (TPSA) is 60.8 Å². The van der Waals surface area contributed by atoms with Crippen molar-refractivity contribution in [3.63, 3.8) is 0 Å². The fourth-order valence-corrected chi connectivity index (χ4v) is 2.37. The number of fused-ring (bicyclic) bond motifs is 1. The molecule has 1 aliphatic heterocycles. The molecule has 0 radical (unpaired) electrons.